The molecule has 0 spiro atoms. The van der Waals surface area contributed by atoms with Gasteiger partial charge in [0.15, 0.2) is 0 Å². The number of hydrogen-bond donors (Lipinski definition) is 0. The van der Waals surface area contributed by atoms with Crippen LogP contribution in [0.5, 0.6) is 0 Å². The van der Waals surface area contributed by atoms with E-state index in [0.717, 1.165) is 0 Å². The number of ether oxygens (including phenoxy) is 1. The second kappa shape index (κ2) is 4.95. The first-order chi connectivity index (χ1) is 3.18. The summed E-state index contributed by atoms with van der Waals surface area (Å²) >= 11 is 0. The Bertz CT molecular complexity index is 98.6. The summed E-state index contributed by atoms with van der Waals surface area (Å²) in [5, 5.41) is 0. The Labute approximate surface area is 61.1 Å². The molecule has 0 aromatic rings. The van der Waals surface area contributed by atoms with Crippen LogP contribution in [0.1, 0.15) is 6.92 Å². The molecule has 0 heterocycles. The first-order valence-corrected chi connectivity index (χ1v) is 1.92. The van der Waals surface area contributed by atoms with Crippen LogP contribution in [0.4, 0.5) is 0 Å². The maximum atomic E-state index is 10.2. The molecule has 0 aromatic carbocycles. The minimum absolute atomic E-state index is 0. The normalized spacial score (nSPS) is 6.75. The third kappa shape index (κ3) is 3.98. The van der Waals surface area contributed by atoms with Gasteiger partial charge in [0.25, 0.3) is 0 Å². The van der Waals surface area contributed by atoms with Gasteiger partial charge in [-0.15, -0.1) is 0 Å². The maximum absolute atomic E-state index is 10.2. The molecule has 0 aliphatic heterocycles. The van der Waals surface area contributed by atoms with E-state index in [1.807, 2.05) is 0 Å². The molecular formula is C5H9LiO2. The zero-order chi connectivity index (χ0) is 5.86. The van der Waals surface area contributed by atoms with Crippen LogP contribution in [0.15, 0.2) is 12.2 Å². The van der Waals surface area contributed by atoms with E-state index < -0.39 is 0 Å². The fourth-order valence-corrected chi connectivity index (χ4v) is 0.174. The Hall–Kier alpha value is -0.193. The van der Waals surface area contributed by atoms with Crippen LogP contribution in [0.25, 0.3) is 0 Å². The van der Waals surface area contributed by atoms with Crippen molar-refractivity contribution in [2.45, 2.75) is 6.92 Å². The molecule has 0 N–H and O–H groups in total. The van der Waals surface area contributed by atoms with E-state index in [-0.39, 0.29) is 24.8 Å². The van der Waals surface area contributed by atoms with Gasteiger partial charge in [0.2, 0.25) is 0 Å². The van der Waals surface area contributed by atoms with Crippen LogP contribution in [-0.4, -0.2) is 31.9 Å². The van der Waals surface area contributed by atoms with Crippen molar-refractivity contribution >= 4 is 24.8 Å². The van der Waals surface area contributed by atoms with Gasteiger partial charge in [-0.2, -0.15) is 0 Å². The van der Waals surface area contributed by atoms with Gasteiger partial charge < -0.3 is 4.74 Å². The van der Waals surface area contributed by atoms with Crippen LogP contribution in [-0.2, 0) is 9.53 Å². The Morgan fingerprint density at radius 3 is 2.00 bits per heavy atom. The van der Waals surface area contributed by atoms with Crippen molar-refractivity contribution in [1.82, 2.24) is 0 Å². The summed E-state index contributed by atoms with van der Waals surface area (Å²) in [6, 6.07) is 0. The van der Waals surface area contributed by atoms with E-state index in [4.69, 9.17) is 0 Å². The molecular weight excluding hydrogens is 99.0 g/mol. The van der Waals surface area contributed by atoms with Crippen molar-refractivity contribution in [3.63, 3.8) is 0 Å². The van der Waals surface area contributed by atoms with E-state index >= 15 is 0 Å². The molecule has 8 heavy (non-hydrogen) atoms. The molecule has 3 heteroatoms. The predicted octanol–water partition coefficient (Wildman–Crippen LogP) is 0.0870. The van der Waals surface area contributed by atoms with Crippen LogP contribution in [0, 0.1) is 0 Å². The zero-order valence-electron chi connectivity index (χ0n) is 4.52. The first-order valence-electron chi connectivity index (χ1n) is 1.92. The van der Waals surface area contributed by atoms with Gasteiger partial charge in [-0.1, -0.05) is 6.58 Å². The van der Waals surface area contributed by atoms with Gasteiger partial charge in [0.1, 0.15) is 0 Å². The van der Waals surface area contributed by atoms with Gasteiger partial charge in [-0.05, 0) is 6.92 Å². The molecule has 0 rings (SSSR count). The summed E-state index contributed by atoms with van der Waals surface area (Å²) in [5.41, 5.74) is 0.433. The van der Waals surface area contributed by atoms with E-state index in [2.05, 4.69) is 11.3 Å². The molecule has 0 radical (unpaired) electrons. The third-order valence-electron chi connectivity index (χ3n) is 0.534. The summed E-state index contributed by atoms with van der Waals surface area (Å²) in [7, 11) is 1.33. The number of hydrogen-bond acceptors (Lipinski definition) is 2. The van der Waals surface area contributed by atoms with Crippen molar-refractivity contribution in [2.24, 2.45) is 0 Å². The molecule has 42 valence electrons. The number of carbonyl (C=O) groups is 1. The van der Waals surface area contributed by atoms with Crippen molar-refractivity contribution in [2.75, 3.05) is 7.11 Å². The second-order valence-corrected chi connectivity index (χ2v) is 1.27. The topological polar surface area (TPSA) is 26.3 Å². The van der Waals surface area contributed by atoms with Crippen LogP contribution in [0.3, 0.4) is 0 Å². The number of methoxy groups -OCH3 is 1. The zero-order valence-corrected chi connectivity index (χ0v) is 4.52. The van der Waals surface area contributed by atoms with E-state index in [0.29, 0.717) is 5.57 Å². The summed E-state index contributed by atoms with van der Waals surface area (Å²) in [6.45, 7) is 4.95. The summed E-state index contributed by atoms with van der Waals surface area (Å²) in [6.07, 6.45) is 0. The Morgan fingerprint density at radius 2 is 2.00 bits per heavy atom. The van der Waals surface area contributed by atoms with Crippen molar-refractivity contribution < 1.29 is 9.53 Å². The molecule has 0 amide bonds. The van der Waals surface area contributed by atoms with Gasteiger partial charge in [-0.3, -0.25) is 0 Å². The molecule has 0 unspecified atom stereocenters. The van der Waals surface area contributed by atoms with Crippen LogP contribution in [0.2, 0.25) is 0 Å². The Kier molecular flexibility index (Phi) is 6.64. The molecule has 0 bridgehead atoms. The fraction of sp³-hybridized carbons (Fsp3) is 0.400. The standard InChI is InChI=1S/C5H8O2.Li.H/c1-4(2)5(6)7-3;;/h1H2,2-3H3;;. The molecule has 0 atom stereocenters. The van der Waals surface area contributed by atoms with Gasteiger partial charge >= 0.3 is 24.8 Å². The van der Waals surface area contributed by atoms with Gasteiger partial charge in [-0.25, -0.2) is 4.79 Å². The SMILES string of the molecule is C=C(C)C(=O)OC.[LiH]. The van der Waals surface area contributed by atoms with Crippen molar-refractivity contribution in [1.29, 1.82) is 0 Å². The Morgan fingerprint density at radius 1 is 1.62 bits per heavy atom. The average Bonchev–Trinajstić information content (AvgIpc) is 1.65. The minimum atomic E-state index is -0.347. The van der Waals surface area contributed by atoms with E-state index in [1.54, 1.807) is 6.92 Å². The first kappa shape index (κ1) is 10.7. The fourth-order valence-electron chi connectivity index (χ4n) is 0.174. The van der Waals surface area contributed by atoms with Crippen molar-refractivity contribution in [3.8, 4) is 0 Å². The van der Waals surface area contributed by atoms with Gasteiger partial charge in [0, 0.05) is 5.57 Å². The summed E-state index contributed by atoms with van der Waals surface area (Å²) < 4.78 is 4.27. The molecule has 0 saturated heterocycles. The van der Waals surface area contributed by atoms with Crippen LogP contribution < -0.4 is 0 Å². The molecule has 0 aliphatic rings. The quantitative estimate of drug-likeness (QED) is 0.270. The monoisotopic (exact) mass is 108 g/mol. The number of rotatable bonds is 1. The third-order valence-corrected chi connectivity index (χ3v) is 0.534. The van der Waals surface area contributed by atoms with E-state index in [1.165, 1.54) is 7.11 Å². The molecule has 0 saturated carbocycles. The Balaban J connectivity index is 0. The van der Waals surface area contributed by atoms with Crippen LogP contribution >= 0.6 is 0 Å². The molecule has 0 fully saturated rings. The van der Waals surface area contributed by atoms with E-state index in [9.17, 15) is 4.79 Å². The van der Waals surface area contributed by atoms with Gasteiger partial charge in [0.05, 0.1) is 7.11 Å². The summed E-state index contributed by atoms with van der Waals surface area (Å²) in [5.74, 6) is -0.347. The van der Waals surface area contributed by atoms with Crippen molar-refractivity contribution in [3.05, 3.63) is 12.2 Å². The predicted molar refractivity (Wildman–Crippen MR) is 34.0 cm³/mol. The number of esters is 1. The second-order valence-electron chi connectivity index (χ2n) is 1.27. The summed E-state index contributed by atoms with van der Waals surface area (Å²) in [4.78, 5) is 10.2. The molecule has 0 aliphatic carbocycles. The molecule has 2 nitrogen and oxygen atoms in total. The number of carbonyl (C=O) groups excluding carboxylic acids is 1. The molecule has 0 aromatic heterocycles. The average molecular weight is 108 g/mol.